The van der Waals surface area contributed by atoms with E-state index in [0.717, 1.165) is 0 Å². The van der Waals surface area contributed by atoms with Crippen LogP contribution in [0.1, 0.15) is 40.0 Å². The second-order valence-electron chi connectivity index (χ2n) is 5.37. The Balaban J connectivity index is 2.44. The van der Waals surface area contributed by atoms with Gasteiger partial charge in [0.15, 0.2) is 0 Å². The first-order chi connectivity index (χ1) is 8.30. The van der Waals surface area contributed by atoms with Gasteiger partial charge < -0.3 is 10.4 Å². The first-order valence-corrected chi connectivity index (χ1v) is 6.16. The normalized spacial score (nSPS) is 18.9. The zero-order chi connectivity index (χ0) is 13.8. The summed E-state index contributed by atoms with van der Waals surface area (Å²) in [6.07, 6.45) is 1.22. The second kappa shape index (κ2) is 5.95. The summed E-state index contributed by atoms with van der Waals surface area (Å²) in [7, 11) is 0. The van der Waals surface area contributed by atoms with Crippen molar-refractivity contribution >= 4 is 17.5 Å². The number of rotatable bonds is 5. The van der Waals surface area contributed by atoms with Crippen molar-refractivity contribution in [3.63, 3.8) is 0 Å². The highest BCUT2D eigenvalue weighted by atomic mass is 16.3. The highest BCUT2D eigenvalue weighted by molar-refractivity contribution is 6.39. The van der Waals surface area contributed by atoms with Crippen molar-refractivity contribution in [1.29, 1.82) is 0 Å². The lowest BCUT2D eigenvalue weighted by Gasteiger charge is -2.25. The van der Waals surface area contributed by atoms with Gasteiger partial charge in [-0.25, -0.2) is 5.43 Å². The van der Waals surface area contributed by atoms with Crippen LogP contribution in [0.3, 0.4) is 0 Å². The number of hydrogen-bond acceptors (Lipinski definition) is 4. The standard InChI is InChI=1S/C12H21N3O3/c1-8(2)6-12(3,18)7-13-11(17)9-4-5-10(16)15-14-9/h8,18H,4-7H2,1-3H3,(H,13,17)(H,15,16). The molecule has 0 spiro atoms. The molecular weight excluding hydrogens is 234 g/mol. The molecule has 1 rings (SSSR count). The van der Waals surface area contributed by atoms with Crippen molar-refractivity contribution in [1.82, 2.24) is 10.7 Å². The predicted molar refractivity (Wildman–Crippen MR) is 67.9 cm³/mol. The lowest BCUT2D eigenvalue weighted by atomic mass is 9.94. The fourth-order valence-corrected chi connectivity index (χ4v) is 1.96. The van der Waals surface area contributed by atoms with E-state index in [0.29, 0.717) is 24.5 Å². The number of hydrogen-bond donors (Lipinski definition) is 3. The molecule has 2 amide bonds. The van der Waals surface area contributed by atoms with Crippen LogP contribution in [0.2, 0.25) is 0 Å². The third-order valence-corrected chi connectivity index (χ3v) is 2.64. The highest BCUT2D eigenvalue weighted by Gasteiger charge is 2.24. The van der Waals surface area contributed by atoms with E-state index < -0.39 is 5.60 Å². The maximum Gasteiger partial charge on any atom is 0.267 e. The van der Waals surface area contributed by atoms with Crippen LogP contribution in [0.5, 0.6) is 0 Å². The average Bonchev–Trinajstić information content (AvgIpc) is 2.25. The molecule has 0 aliphatic carbocycles. The van der Waals surface area contributed by atoms with Crippen LogP contribution >= 0.6 is 0 Å². The largest absolute Gasteiger partial charge is 0.388 e. The molecule has 0 aromatic rings. The Hall–Kier alpha value is -1.43. The molecular formula is C12H21N3O3. The lowest BCUT2D eigenvalue weighted by Crippen LogP contribution is -2.45. The maximum absolute atomic E-state index is 11.7. The summed E-state index contributed by atoms with van der Waals surface area (Å²) in [4.78, 5) is 22.6. The van der Waals surface area contributed by atoms with Gasteiger partial charge in [0.1, 0.15) is 5.71 Å². The highest BCUT2D eigenvalue weighted by Crippen LogP contribution is 2.15. The topological polar surface area (TPSA) is 90.8 Å². The number of carbonyl (C=O) groups excluding carboxylic acids is 2. The molecule has 1 aliphatic heterocycles. The fourth-order valence-electron chi connectivity index (χ4n) is 1.96. The number of amides is 2. The summed E-state index contributed by atoms with van der Waals surface area (Å²) in [5.41, 5.74) is 1.64. The van der Waals surface area contributed by atoms with Gasteiger partial charge in [0.2, 0.25) is 5.91 Å². The number of nitrogens with one attached hydrogen (secondary N) is 2. The first kappa shape index (κ1) is 14.6. The summed E-state index contributed by atoms with van der Waals surface area (Å²) < 4.78 is 0. The Morgan fingerprint density at radius 1 is 1.56 bits per heavy atom. The molecule has 1 heterocycles. The molecule has 1 atom stereocenters. The summed E-state index contributed by atoms with van der Waals surface area (Å²) >= 11 is 0. The summed E-state index contributed by atoms with van der Waals surface area (Å²) in [6.45, 7) is 5.89. The van der Waals surface area contributed by atoms with Crippen molar-refractivity contribution in [3.8, 4) is 0 Å². The van der Waals surface area contributed by atoms with Crippen molar-refractivity contribution in [2.75, 3.05) is 6.54 Å². The van der Waals surface area contributed by atoms with E-state index in [1.54, 1.807) is 6.92 Å². The van der Waals surface area contributed by atoms with Gasteiger partial charge in [-0.3, -0.25) is 9.59 Å². The van der Waals surface area contributed by atoms with Crippen molar-refractivity contribution in [3.05, 3.63) is 0 Å². The maximum atomic E-state index is 11.7. The first-order valence-electron chi connectivity index (χ1n) is 6.16. The number of aliphatic hydroxyl groups is 1. The Labute approximate surface area is 107 Å². The zero-order valence-electron chi connectivity index (χ0n) is 11.1. The molecule has 0 saturated heterocycles. The van der Waals surface area contributed by atoms with E-state index >= 15 is 0 Å². The Morgan fingerprint density at radius 3 is 2.72 bits per heavy atom. The van der Waals surface area contributed by atoms with E-state index in [-0.39, 0.29) is 24.8 Å². The molecule has 6 heteroatoms. The molecule has 0 aromatic carbocycles. The smallest absolute Gasteiger partial charge is 0.267 e. The van der Waals surface area contributed by atoms with Crippen LogP contribution in [0, 0.1) is 5.92 Å². The SMILES string of the molecule is CC(C)CC(C)(O)CNC(=O)C1=NNC(=O)CC1. The molecule has 3 N–H and O–H groups in total. The van der Waals surface area contributed by atoms with Crippen molar-refractivity contribution in [2.24, 2.45) is 11.0 Å². The lowest BCUT2D eigenvalue weighted by molar-refractivity contribution is -0.121. The molecule has 1 unspecified atom stereocenters. The number of carbonyl (C=O) groups is 2. The molecule has 0 bridgehead atoms. The van der Waals surface area contributed by atoms with Gasteiger partial charge in [0, 0.05) is 19.4 Å². The molecule has 6 nitrogen and oxygen atoms in total. The molecule has 18 heavy (non-hydrogen) atoms. The van der Waals surface area contributed by atoms with Gasteiger partial charge in [-0.05, 0) is 19.3 Å². The molecule has 102 valence electrons. The molecule has 1 aliphatic rings. The van der Waals surface area contributed by atoms with E-state index in [9.17, 15) is 14.7 Å². The Morgan fingerprint density at radius 2 is 2.22 bits per heavy atom. The van der Waals surface area contributed by atoms with Crippen LogP contribution in [0.25, 0.3) is 0 Å². The third-order valence-electron chi connectivity index (χ3n) is 2.64. The minimum absolute atomic E-state index is 0.178. The van der Waals surface area contributed by atoms with Gasteiger partial charge in [-0.2, -0.15) is 5.10 Å². The average molecular weight is 255 g/mol. The minimum Gasteiger partial charge on any atom is -0.388 e. The predicted octanol–water partition coefficient (Wildman–Crippen LogP) is 0.166. The van der Waals surface area contributed by atoms with E-state index in [2.05, 4.69) is 15.8 Å². The van der Waals surface area contributed by atoms with Crippen LogP contribution in [-0.4, -0.2) is 34.8 Å². The van der Waals surface area contributed by atoms with Gasteiger partial charge in [-0.1, -0.05) is 13.8 Å². The van der Waals surface area contributed by atoms with Crippen LogP contribution in [0.4, 0.5) is 0 Å². The Kier molecular flexibility index (Phi) is 4.84. The van der Waals surface area contributed by atoms with Crippen LogP contribution in [-0.2, 0) is 9.59 Å². The van der Waals surface area contributed by atoms with E-state index in [4.69, 9.17) is 0 Å². The van der Waals surface area contributed by atoms with Crippen LogP contribution < -0.4 is 10.7 Å². The second-order valence-corrected chi connectivity index (χ2v) is 5.37. The quantitative estimate of drug-likeness (QED) is 0.654. The number of nitrogens with zero attached hydrogens (tertiary/aromatic N) is 1. The fraction of sp³-hybridized carbons (Fsp3) is 0.750. The van der Waals surface area contributed by atoms with Crippen molar-refractivity contribution < 1.29 is 14.7 Å². The molecule has 0 saturated carbocycles. The minimum atomic E-state index is -0.928. The van der Waals surface area contributed by atoms with Gasteiger partial charge >= 0.3 is 0 Å². The van der Waals surface area contributed by atoms with Gasteiger partial charge in [0.05, 0.1) is 5.60 Å². The molecule has 0 radical (unpaired) electrons. The van der Waals surface area contributed by atoms with Crippen molar-refractivity contribution in [2.45, 2.75) is 45.6 Å². The Bertz CT molecular complexity index is 362. The zero-order valence-corrected chi connectivity index (χ0v) is 11.1. The summed E-state index contributed by atoms with van der Waals surface area (Å²) in [5, 5.41) is 16.4. The van der Waals surface area contributed by atoms with Gasteiger partial charge in [0.25, 0.3) is 5.91 Å². The summed E-state index contributed by atoms with van der Waals surface area (Å²) in [5.74, 6) is -0.166. The van der Waals surface area contributed by atoms with Gasteiger partial charge in [-0.15, -0.1) is 0 Å². The molecule has 0 aromatic heterocycles. The number of hydrazone groups is 1. The van der Waals surface area contributed by atoms with E-state index in [1.807, 2.05) is 13.8 Å². The molecule has 0 fully saturated rings. The third kappa shape index (κ3) is 4.83. The summed E-state index contributed by atoms with van der Waals surface area (Å²) in [6, 6.07) is 0. The van der Waals surface area contributed by atoms with E-state index in [1.165, 1.54) is 0 Å². The van der Waals surface area contributed by atoms with Crippen LogP contribution in [0.15, 0.2) is 5.10 Å². The monoisotopic (exact) mass is 255 g/mol.